The zero-order valence-electron chi connectivity index (χ0n) is 40.2. The monoisotopic (exact) mass is 952 g/mol. The molecule has 1 heterocycles. The van der Waals surface area contributed by atoms with Crippen LogP contribution < -0.4 is 25.4 Å². The van der Waals surface area contributed by atoms with Gasteiger partial charge in [-0.1, -0.05) is 89.9 Å². The minimum atomic E-state index is -0.760. The summed E-state index contributed by atoms with van der Waals surface area (Å²) in [4.78, 5) is 62.8. The number of para-hydroxylation sites is 1. The first-order valence-corrected chi connectivity index (χ1v) is 22.4. The van der Waals surface area contributed by atoms with Crippen molar-refractivity contribution in [2.45, 2.75) is 107 Å². The van der Waals surface area contributed by atoms with E-state index in [-0.39, 0.29) is 92.4 Å². The second kappa shape index (κ2) is 23.7. The molecule has 68 heavy (non-hydrogen) atoms. The molecule has 3 amide bonds. The smallest absolute Gasteiger partial charge is 0.311 e. The Hall–Kier alpha value is -6.97. The Labute approximate surface area is 402 Å². The number of allylic oxidation sites excluding steroid dienone is 2. The molecule has 15 nitrogen and oxygen atoms in total. The first-order valence-electron chi connectivity index (χ1n) is 22.0. The number of aldehydes is 1. The Morgan fingerprint density at radius 1 is 0.868 bits per heavy atom. The molecule has 16 heteroatoms. The number of aryl methyl sites for hydroxylation is 2. The largest absolute Gasteiger partial charge is 0.507 e. The standard InChI is InChI=1S/C20H24N2O4.C19H21NO4.C13H16ClNO3/c1-5-12(3)19(24)21-16-10-14(9-13(4)18(16)23)25-20-22-15-7-6-11(2)8-17(15)26-20;1-12(2)9-17(21)24-15-10-13(3)18(22)16(11-15)19(23)20-14-7-5-4-6-8-14;1-7(17)15-11-10(14)8(6-16)5-9(12(11)18)13(2,3)4/h6-10,12,17,20,23H,5H2,1-4H3,(H,21,24);4-8,10-12,22H,9H2,1-3H3,(H,20,23);5-6,18H,1-4H3,(H,15,17). The zero-order chi connectivity index (χ0) is 50.6. The quantitative estimate of drug-likeness (QED) is 0.0339. The number of esters is 1. The van der Waals surface area contributed by atoms with Crippen LogP contribution >= 0.6 is 11.6 Å². The minimum Gasteiger partial charge on any atom is -0.507 e. The third-order valence-corrected chi connectivity index (χ3v) is 10.8. The number of anilines is 3. The van der Waals surface area contributed by atoms with Crippen molar-refractivity contribution in [3.63, 3.8) is 0 Å². The summed E-state index contributed by atoms with van der Waals surface area (Å²) in [5.74, 6) is -0.809. The highest BCUT2D eigenvalue weighted by Gasteiger charge is 2.29. The Morgan fingerprint density at radius 3 is 2.12 bits per heavy atom. The fourth-order valence-electron chi connectivity index (χ4n) is 6.54. The molecule has 0 fully saturated rings. The molecule has 3 atom stereocenters. The van der Waals surface area contributed by atoms with E-state index in [1.54, 1.807) is 50.2 Å². The second-order valence-corrected chi connectivity index (χ2v) is 18.2. The van der Waals surface area contributed by atoms with Crippen LogP contribution in [-0.2, 0) is 24.5 Å². The Morgan fingerprint density at radius 2 is 1.51 bits per heavy atom. The van der Waals surface area contributed by atoms with E-state index in [1.165, 1.54) is 25.1 Å². The van der Waals surface area contributed by atoms with Crippen LogP contribution in [0.1, 0.15) is 113 Å². The number of nitrogens with zero attached hydrogens (tertiary/aromatic N) is 1. The fraction of sp³-hybridized carbons (Fsp3) is 0.346. The SMILES string of the molecule is CC(=O)Nc1c(O)c(C(C)(C)C)cc(C=O)c1Cl.CCC(C)C(=O)Nc1cc(OC2N=C3C=CC(C)=CC3O2)cc(C)c1O.Cc1cc(OC(=O)CC(C)C)cc(C(=O)Nc2ccccc2)c1O. The number of nitrogens with one attached hydrogen (secondary N) is 3. The number of halogens is 1. The van der Waals surface area contributed by atoms with Gasteiger partial charge < -0.3 is 45.5 Å². The lowest BCUT2D eigenvalue weighted by atomic mass is 9.85. The molecule has 1 aliphatic carbocycles. The number of amides is 3. The van der Waals surface area contributed by atoms with Crippen LogP contribution in [0.3, 0.4) is 0 Å². The number of hydrogen-bond acceptors (Lipinski definition) is 12. The van der Waals surface area contributed by atoms with Gasteiger partial charge in [-0.3, -0.25) is 24.0 Å². The average Bonchev–Trinajstić information content (AvgIpc) is 3.66. The number of aromatic hydroxyl groups is 3. The van der Waals surface area contributed by atoms with E-state index in [0.29, 0.717) is 40.1 Å². The third-order valence-electron chi connectivity index (χ3n) is 10.4. The van der Waals surface area contributed by atoms with Gasteiger partial charge in [-0.25, -0.2) is 4.99 Å². The maximum absolute atomic E-state index is 12.4. The van der Waals surface area contributed by atoms with Crippen LogP contribution in [0, 0.1) is 25.7 Å². The van der Waals surface area contributed by atoms with Gasteiger partial charge in [0.1, 0.15) is 40.5 Å². The van der Waals surface area contributed by atoms with Crippen molar-refractivity contribution < 1.29 is 53.5 Å². The molecule has 0 spiro atoms. The van der Waals surface area contributed by atoms with Gasteiger partial charge in [-0.05, 0) is 98.2 Å². The van der Waals surface area contributed by atoms with Crippen molar-refractivity contribution in [2.24, 2.45) is 16.8 Å². The number of carbonyl (C=O) groups is 5. The van der Waals surface area contributed by atoms with Gasteiger partial charge in [-0.15, -0.1) is 0 Å². The highest BCUT2D eigenvalue weighted by atomic mass is 35.5. The molecular weight excluding hydrogens is 892 g/mol. The normalized spacial score (nSPS) is 15.2. The van der Waals surface area contributed by atoms with Crippen LogP contribution in [0.5, 0.6) is 28.7 Å². The van der Waals surface area contributed by atoms with E-state index >= 15 is 0 Å². The predicted molar refractivity (Wildman–Crippen MR) is 264 cm³/mol. The highest BCUT2D eigenvalue weighted by Crippen LogP contribution is 2.42. The zero-order valence-corrected chi connectivity index (χ0v) is 41.0. The molecule has 2 aliphatic rings. The Kier molecular flexibility index (Phi) is 18.7. The molecule has 0 saturated carbocycles. The molecule has 1 aliphatic heterocycles. The molecular formula is C52H61ClN4O11. The summed E-state index contributed by atoms with van der Waals surface area (Å²) in [6.07, 6.45) is 6.53. The molecule has 0 radical (unpaired) electrons. The topological polar surface area (TPSA) is 222 Å². The molecule has 6 rings (SSSR count). The summed E-state index contributed by atoms with van der Waals surface area (Å²) < 4.78 is 16.9. The maximum Gasteiger partial charge on any atom is 0.311 e. The lowest BCUT2D eigenvalue weighted by Gasteiger charge is -2.23. The van der Waals surface area contributed by atoms with Crippen molar-refractivity contribution in [2.75, 3.05) is 16.0 Å². The number of phenols is 3. The molecule has 362 valence electrons. The van der Waals surface area contributed by atoms with Gasteiger partial charge in [0.15, 0.2) is 6.29 Å². The van der Waals surface area contributed by atoms with E-state index < -0.39 is 12.3 Å². The molecule has 4 aromatic carbocycles. The van der Waals surface area contributed by atoms with Gasteiger partial charge in [-0.2, -0.15) is 0 Å². The van der Waals surface area contributed by atoms with Gasteiger partial charge >= 0.3 is 12.4 Å². The van der Waals surface area contributed by atoms with E-state index in [0.717, 1.165) is 17.7 Å². The fourth-order valence-corrected chi connectivity index (χ4v) is 6.77. The van der Waals surface area contributed by atoms with E-state index in [1.807, 2.05) is 79.7 Å². The lowest BCUT2D eigenvalue weighted by Crippen LogP contribution is -2.21. The van der Waals surface area contributed by atoms with Gasteiger partial charge in [0.05, 0.1) is 22.0 Å². The van der Waals surface area contributed by atoms with E-state index in [4.69, 9.17) is 25.8 Å². The van der Waals surface area contributed by atoms with Gasteiger partial charge in [0.2, 0.25) is 11.8 Å². The van der Waals surface area contributed by atoms with Crippen LogP contribution in [0.2, 0.25) is 5.02 Å². The Bertz CT molecular complexity index is 2620. The van der Waals surface area contributed by atoms with Crippen molar-refractivity contribution in [3.05, 3.63) is 117 Å². The van der Waals surface area contributed by atoms with Crippen molar-refractivity contribution in [1.82, 2.24) is 0 Å². The van der Waals surface area contributed by atoms with Crippen molar-refractivity contribution >= 4 is 64.4 Å². The summed E-state index contributed by atoms with van der Waals surface area (Å²) in [5.41, 5.74) is 4.49. The molecule has 3 unspecified atom stereocenters. The lowest BCUT2D eigenvalue weighted by molar-refractivity contribution is -0.135. The molecule has 6 N–H and O–H groups in total. The first kappa shape index (κ1) is 53.6. The summed E-state index contributed by atoms with van der Waals surface area (Å²) in [6, 6.07) is 16.6. The van der Waals surface area contributed by atoms with Crippen LogP contribution in [0.25, 0.3) is 0 Å². The maximum atomic E-state index is 12.4. The number of benzene rings is 4. The van der Waals surface area contributed by atoms with Crippen molar-refractivity contribution in [1.29, 1.82) is 0 Å². The Balaban J connectivity index is 0.000000226. The third kappa shape index (κ3) is 14.8. The van der Waals surface area contributed by atoms with E-state index in [9.17, 15) is 39.3 Å². The van der Waals surface area contributed by atoms with E-state index in [2.05, 4.69) is 20.9 Å². The van der Waals surface area contributed by atoms with Gasteiger partial charge in [0.25, 0.3) is 5.91 Å². The van der Waals surface area contributed by atoms with Gasteiger partial charge in [0, 0.05) is 42.1 Å². The average molecular weight is 954 g/mol. The number of phenolic OH excluding ortho intramolecular Hbond substituents is 3. The molecule has 0 saturated heterocycles. The number of hydrogen-bond donors (Lipinski definition) is 6. The van der Waals surface area contributed by atoms with Crippen LogP contribution in [0.15, 0.2) is 89.5 Å². The predicted octanol–water partition coefficient (Wildman–Crippen LogP) is 10.7. The van der Waals surface area contributed by atoms with Crippen molar-refractivity contribution in [3.8, 4) is 28.7 Å². The number of ether oxygens (including phenoxy) is 3. The van der Waals surface area contributed by atoms with Crippen LogP contribution in [0.4, 0.5) is 17.1 Å². The number of rotatable bonds is 12. The highest BCUT2D eigenvalue weighted by molar-refractivity contribution is 6.36. The summed E-state index contributed by atoms with van der Waals surface area (Å²) in [7, 11) is 0. The summed E-state index contributed by atoms with van der Waals surface area (Å²) in [6.45, 7) is 20.0. The molecule has 0 bridgehead atoms. The number of fused-ring (bicyclic) bond motifs is 1. The number of carbonyl (C=O) groups excluding carboxylic acids is 5. The number of aliphatic imine (C=N–C) groups is 1. The summed E-state index contributed by atoms with van der Waals surface area (Å²) >= 11 is 5.97. The first-order chi connectivity index (χ1) is 31.9. The molecule has 0 aromatic heterocycles. The minimum absolute atomic E-state index is 0.0304. The van der Waals surface area contributed by atoms with Crippen LogP contribution in [-0.4, -0.2) is 63.5 Å². The summed E-state index contributed by atoms with van der Waals surface area (Å²) in [5, 5.41) is 38.5. The molecule has 4 aromatic rings. The second-order valence-electron chi connectivity index (χ2n) is 17.8.